The van der Waals surface area contributed by atoms with Crippen LogP contribution in [0.1, 0.15) is 18.1 Å². The van der Waals surface area contributed by atoms with Gasteiger partial charge in [-0.25, -0.2) is 8.42 Å². The van der Waals surface area contributed by atoms with Gasteiger partial charge >= 0.3 is 0 Å². The maximum Gasteiger partial charge on any atom is 0.241 e. The predicted molar refractivity (Wildman–Crippen MR) is 101 cm³/mol. The number of carbonyl (C=O) groups excluding carboxylic acids is 1. The molecule has 0 aromatic heterocycles. The minimum absolute atomic E-state index is 0.0976. The molecular formula is C19H24N2O4S. The number of nitrogens with one attached hydrogen (secondary N) is 2. The van der Waals surface area contributed by atoms with Crippen LogP contribution in [0.2, 0.25) is 0 Å². The molecule has 2 aromatic rings. The van der Waals surface area contributed by atoms with Crippen molar-refractivity contribution >= 4 is 15.9 Å². The molecule has 0 radical (unpaired) electrons. The van der Waals surface area contributed by atoms with Crippen LogP contribution < -0.4 is 14.8 Å². The Balaban J connectivity index is 2.25. The van der Waals surface area contributed by atoms with E-state index in [1.54, 1.807) is 13.0 Å². The first-order valence-electron chi connectivity index (χ1n) is 8.38. The first kappa shape index (κ1) is 19.9. The molecule has 2 aromatic carbocycles. The number of sulfonamides is 1. The smallest absolute Gasteiger partial charge is 0.241 e. The molecule has 6 nitrogen and oxygen atoms in total. The molecule has 2 N–H and O–H groups in total. The van der Waals surface area contributed by atoms with Crippen LogP contribution in [-0.4, -0.2) is 34.0 Å². The summed E-state index contributed by atoms with van der Waals surface area (Å²) in [5.74, 6) is 0.249. The van der Waals surface area contributed by atoms with Crippen molar-refractivity contribution in [2.75, 3.05) is 13.7 Å². The number of likely N-dealkylation sites (N-methyl/N-ethyl adjacent to an activating group) is 1. The second-order valence-electron chi connectivity index (χ2n) is 5.84. The van der Waals surface area contributed by atoms with Gasteiger partial charge in [0.25, 0.3) is 0 Å². The third-order valence-electron chi connectivity index (χ3n) is 3.90. The normalized spacial score (nSPS) is 12.4. The van der Waals surface area contributed by atoms with E-state index >= 15 is 0 Å². The molecule has 0 aliphatic rings. The fraction of sp³-hybridized carbons (Fsp3) is 0.316. The fourth-order valence-electron chi connectivity index (χ4n) is 2.57. The molecule has 0 saturated carbocycles. The highest BCUT2D eigenvalue weighted by Crippen LogP contribution is 2.22. The summed E-state index contributed by atoms with van der Waals surface area (Å²) in [6.07, 6.45) is 0.260. The number of amides is 1. The molecule has 1 amide bonds. The van der Waals surface area contributed by atoms with E-state index in [0.29, 0.717) is 17.9 Å². The maximum absolute atomic E-state index is 12.7. The van der Waals surface area contributed by atoms with Crippen molar-refractivity contribution in [1.29, 1.82) is 0 Å². The molecule has 26 heavy (non-hydrogen) atoms. The van der Waals surface area contributed by atoms with Crippen LogP contribution in [0.3, 0.4) is 0 Å². The molecule has 0 saturated heterocycles. The van der Waals surface area contributed by atoms with Crippen molar-refractivity contribution in [3.05, 3.63) is 59.7 Å². The minimum atomic E-state index is -3.86. The molecule has 0 fully saturated rings. The molecule has 2 rings (SSSR count). The van der Waals surface area contributed by atoms with E-state index in [2.05, 4.69) is 10.0 Å². The van der Waals surface area contributed by atoms with Crippen molar-refractivity contribution in [3.63, 3.8) is 0 Å². The molecule has 140 valence electrons. The van der Waals surface area contributed by atoms with Crippen molar-refractivity contribution < 1.29 is 17.9 Å². The largest absolute Gasteiger partial charge is 0.494 e. The lowest BCUT2D eigenvalue weighted by atomic mass is 10.1. The number of benzene rings is 2. The van der Waals surface area contributed by atoms with Gasteiger partial charge in [-0.05, 0) is 49.6 Å². The molecular weight excluding hydrogens is 352 g/mol. The second-order valence-corrected chi connectivity index (χ2v) is 7.55. The first-order chi connectivity index (χ1) is 12.4. The molecule has 1 unspecified atom stereocenters. The Labute approximate surface area is 154 Å². The van der Waals surface area contributed by atoms with Gasteiger partial charge < -0.3 is 10.1 Å². The average molecular weight is 376 g/mol. The summed E-state index contributed by atoms with van der Waals surface area (Å²) in [6.45, 7) is 4.15. The number of rotatable bonds is 8. The lowest BCUT2D eigenvalue weighted by Gasteiger charge is -2.18. The Morgan fingerprint density at radius 1 is 1.15 bits per heavy atom. The summed E-state index contributed by atoms with van der Waals surface area (Å²) in [6, 6.07) is 13.0. The van der Waals surface area contributed by atoms with Crippen molar-refractivity contribution in [3.8, 4) is 5.75 Å². The Morgan fingerprint density at radius 3 is 2.42 bits per heavy atom. The van der Waals surface area contributed by atoms with Crippen LogP contribution in [0.5, 0.6) is 5.75 Å². The zero-order chi connectivity index (χ0) is 19.2. The minimum Gasteiger partial charge on any atom is -0.494 e. The summed E-state index contributed by atoms with van der Waals surface area (Å²) < 4.78 is 33.4. The average Bonchev–Trinajstić information content (AvgIpc) is 2.63. The molecule has 0 heterocycles. The van der Waals surface area contributed by atoms with Gasteiger partial charge in [0, 0.05) is 7.05 Å². The van der Waals surface area contributed by atoms with Crippen LogP contribution in [0.15, 0.2) is 53.4 Å². The van der Waals surface area contributed by atoms with Crippen molar-refractivity contribution in [1.82, 2.24) is 10.0 Å². The van der Waals surface area contributed by atoms with E-state index in [4.69, 9.17) is 4.74 Å². The van der Waals surface area contributed by atoms with Crippen LogP contribution in [-0.2, 0) is 21.2 Å². The van der Waals surface area contributed by atoms with Crippen molar-refractivity contribution in [2.24, 2.45) is 0 Å². The van der Waals surface area contributed by atoms with E-state index < -0.39 is 16.1 Å². The SMILES string of the molecule is CCOc1ccc(S(=O)(=O)NC(Cc2ccccc2)C(=O)NC)cc1C. The predicted octanol–water partition coefficient (Wildman–Crippen LogP) is 2.03. The lowest BCUT2D eigenvalue weighted by molar-refractivity contribution is -0.122. The highest BCUT2D eigenvalue weighted by atomic mass is 32.2. The zero-order valence-corrected chi connectivity index (χ0v) is 16.0. The molecule has 0 aliphatic heterocycles. The summed E-state index contributed by atoms with van der Waals surface area (Å²) in [4.78, 5) is 12.3. The highest BCUT2D eigenvalue weighted by molar-refractivity contribution is 7.89. The lowest BCUT2D eigenvalue weighted by Crippen LogP contribution is -2.46. The van der Waals surface area contributed by atoms with Crippen LogP contribution in [0.4, 0.5) is 0 Å². The topological polar surface area (TPSA) is 84.5 Å². The molecule has 0 aliphatic carbocycles. The Kier molecular flexibility index (Phi) is 6.76. The maximum atomic E-state index is 12.7. The van der Waals surface area contributed by atoms with Crippen LogP contribution in [0, 0.1) is 6.92 Å². The molecule has 0 bridgehead atoms. The number of aryl methyl sites for hydroxylation is 1. The van der Waals surface area contributed by atoms with Crippen LogP contribution in [0.25, 0.3) is 0 Å². The van der Waals surface area contributed by atoms with E-state index in [1.807, 2.05) is 37.3 Å². The van der Waals surface area contributed by atoms with E-state index in [9.17, 15) is 13.2 Å². The Hall–Kier alpha value is -2.38. The summed E-state index contributed by atoms with van der Waals surface area (Å²) in [7, 11) is -2.37. The summed E-state index contributed by atoms with van der Waals surface area (Å²) in [5, 5.41) is 2.51. The van der Waals surface area contributed by atoms with E-state index in [1.165, 1.54) is 19.2 Å². The van der Waals surface area contributed by atoms with Gasteiger partial charge in [-0.15, -0.1) is 0 Å². The highest BCUT2D eigenvalue weighted by Gasteiger charge is 2.25. The second kappa shape index (κ2) is 8.82. The quantitative estimate of drug-likeness (QED) is 0.738. The third kappa shape index (κ3) is 5.06. The number of hydrogen-bond acceptors (Lipinski definition) is 4. The number of ether oxygens (including phenoxy) is 1. The van der Waals surface area contributed by atoms with Gasteiger partial charge in [-0.1, -0.05) is 30.3 Å². The number of carbonyl (C=O) groups is 1. The van der Waals surface area contributed by atoms with Gasteiger partial charge in [0.1, 0.15) is 11.8 Å². The monoisotopic (exact) mass is 376 g/mol. The first-order valence-corrected chi connectivity index (χ1v) is 9.87. The summed E-state index contributed by atoms with van der Waals surface area (Å²) in [5.41, 5.74) is 1.58. The van der Waals surface area contributed by atoms with Gasteiger partial charge in [0.05, 0.1) is 11.5 Å². The van der Waals surface area contributed by atoms with Gasteiger partial charge in [0.15, 0.2) is 0 Å². The van der Waals surface area contributed by atoms with E-state index in [0.717, 1.165) is 5.56 Å². The summed E-state index contributed by atoms with van der Waals surface area (Å²) >= 11 is 0. The van der Waals surface area contributed by atoms with Gasteiger partial charge in [-0.2, -0.15) is 4.72 Å². The van der Waals surface area contributed by atoms with Crippen LogP contribution >= 0.6 is 0 Å². The zero-order valence-electron chi connectivity index (χ0n) is 15.2. The Morgan fingerprint density at radius 2 is 1.85 bits per heavy atom. The van der Waals surface area contributed by atoms with E-state index in [-0.39, 0.29) is 17.2 Å². The third-order valence-corrected chi connectivity index (χ3v) is 5.37. The van der Waals surface area contributed by atoms with Gasteiger partial charge in [0.2, 0.25) is 15.9 Å². The molecule has 0 spiro atoms. The van der Waals surface area contributed by atoms with Gasteiger partial charge in [-0.3, -0.25) is 4.79 Å². The fourth-order valence-corrected chi connectivity index (χ4v) is 3.85. The van der Waals surface area contributed by atoms with Crippen molar-refractivity contribution in [2.45, 2.75) is 31.2 Å². The standard InChI is InChI=1S/C19H24N2O4S/c1-4-25-18-11-10-16(12-14(18)2)26(23,24)21-17(19(22)20-3)13-15-8-6-5-7-9-15/h5-12,17,21H,4,13H2,1-3H3,(H,20,22). The molecule has 7 heteroatoms. The molecule has 1 atom stereocenters. The Bertz CT molecular complexity index is 851. The number of hydrogen-bond donors (Lipinski definition) is 2.